The minimum Gasteiger partial charge on any atom is -0.497 e. The molecule has 0 atom stereocenters. The SMILES string of the molecule is COc1ccc(/C(C)=N/OCC(=O)Nc2sc3c(c2C#N)CCCCC3)cc1. The Morgan fingerprint density at radius 1 is 1.25 bits per heavy atom. The summed E-state index contributed by atoms with van der Waals surface area (Å²) in [5.41, 5.74) is 3.26. The number of oxime groups is 1. The van der Waals surface area contributed by atoms with Gasteiger partial charge in [-0.15, -0.1) is 11.3 Å². The van der Waals surface area contributed by atoms with E-state index < -0.39 is 0 Å². The van der Waals surface area contributed by atoms with Crippen LogP contribution in [0.1, 0.15) is 47.8 Å². The van der Waals surface area contributed by atoms with Gasteiger partial charge in [-0.3, -0.25) is 4.79 Å². The van der Waals surface area contributed by atoms with Gasteiger partial charge < -0.3 is 14.9 Å². The lowest BCUT2D eigenvalue weighted by atomic mass is 10.1. The quantitative estimate of drug-likeness (QED) is 0.448. The van der Waals surface area contributed by atoms with Crippen LogP contribution in [-0.2, 0) is 22.5 Å². The summed E-state index contributed by atoms with van der Waals surface area (Å²) in [7, 11) is 1.61. The Morgan fingerprint density at radius 2 is 2.00 bits per heavy atom. The van der Waals surface area contributed by atoms with Crippen LogP contribution in [0.5, 0.6) is 5.75 Å². The Morgan fingerprint density at radius 3 is 2.71 bits per heavy atom. The van der Waals surface area contributed by atoms with Crippen LogP contribution in [-0.4, -0.2) is 25.3 Å². The molecule has 0 saturated carbocycles. The van der Waals surface area contributed by atoms with Crippen molar-refractivity contribution in [2.24, 2.45) is 5.16 Å². The van der Waals surface area contributed by atoms with Crippen LogP contribution < -0.4 is 10.1 Å². The van der Waals surface area contributed by atoms with Crippen molar-refractivity contribution in [2.45, 2.75) is 39.0 Å². The third-order valence-electron chi connectivity index (χ3n) is 4.69. The number of hydrogen-bond donors (Lipinski definition) is 1. The normalized spacial score (nSPS) is 13.8. The van der Waals surface area contributed by atoms with Gasteiger partial charge in [-0.25, -0.2) is 0 Å². The number of fused-ring (bicyclic) bond motifs is 1. The highest BCUT2D eigenvalue weighted by Crippen LogP contribution is 2.36. The first-order valence-electron chi connectivity index (χ1n) is 9.28. The Bertz CT molecular complexity index is 910. The standard InChI is InChI=1S/C21H23N3O3S/c1-14(15-8-10-16(26-2)11-9-15)24-27-13-20(25)23-21-18(12-22)17-6-4-3-5-7-19(17)28-21/h8-11H,3-7,13H2,1-2H3,(H,23,25)/b24-14+. The van der Waals surface area contributed by atoms with Crippen molar-refractivity contribution < 1.29 is 14.4 Å². The first-order chi connectivity index (χ1) is 13.6. The zero-order chi connectivity index (χ0) is 19.9. The van der Waals surface area contributed by atoms with E-state index in [9.17, 15) is 10.1 Å². The van der Waals surface area contributed by atoms with Crippen LogP contribution in [0.25, 0.3) is 0 Å². The van der Waals surface area contributed by atoms with E-state index in [0.29, 0.717) is 16.3 Å². The third-order valence-corrected chi connectivity index (χ3v) is 5.90. The maximum absolute atomic E-state index is 12.2. The number of ether oxygens (including phenoxy) is 1. The average molecular weight is 398 g/mol. The molecule has 0 aliphatic heterocycles. The summed E-state index contributed by atoms with van der Waals surface area (Å²) in [6.07, 6.45) is 5.30. The summed E-state index contributed by atoms with van der Waals surface area (Å²) in [4.78, 5) is 18.7. The number of hydrogen-bond acceptors (Lipinski definition) is 6. The van der Waals surface area contributed by atoms with Crippen molar-refractivity contribution in [3.05, 3.63) is 45.8 Å². The Hall–Kier alpha value is -2.85. The molecule has 0 spiro atoms. The van der Waals surface area contributed by atoms with Crippen LogP contribution in [0.2, 0.25) is 0 Å². The summed E-state index contributed by atoms with van der Waals surface area (Å²) in [6, 6.07) is 9.68. The van der Waals surface area contributed by atoms with Crippen LogP contribution in [0.3, 0.4) is 0 Å². The summed E-state index contributed by atoms with van der Waals surface area (Å²) in [5, 5.41) is 17.0. The Labute approximate surface area is 168 Å². The van der Waals surface area contributed by atoms with E-state index in [2.05, 4.69) is 16.5 Å². The van der Waals surface area contributed by atoms with E-state index >= 15 is 0 Å². The predicted octanol–water partition coefficient (Wildman–Crippen LogP) is 4.28. The van der Waals surface area contributed by atoms with E-state index in [1.54, 1.807) is 7.11 Å². The predicted molar refractivity (Wildman–Crippen MR) is 110 cm³/mol. The van der Waals surface area contributed by atoms with Gasteiger partial charge in [-0.05, 0) is 68.0 Å². The molecule has 0 saturated heterocycles. The number of benzene rings is 1. The first kappa shape index (κ1) is 19.9. The second-order valence-corrected chi connectivity index (χ2v) is 7.71. The third kappa shape index (κ3) is 4.70. The number of aryl methyl sites for hydroxylation is 1. The molecule has 28 heavy (non-hydrogen) atoms. The zero-order valence-corrected chi connectivity index (χ0v) is 16.9. The second-order valence-electron chi connectivity index (χ2n) is 6.61. The first-order valence-corrected chi connectivity index (χ1v) is 10.1. The molecule has 3 rings (SSSR count). The van der Waals surface area contributed by atoms with Gasteiger partial charge in [0.2, 0.25) is 0 Å². The molecule has 146 valence electrons. The van der Waals surface area contributed by atoms with Crippen molar-refractivity contribution in [1.29, 1.82) is 5.26 Å². The maximum Gasteiger partial charge on any atom is 0.265 e. The smallest absolute Gasteiger partial charge is 0.265 e. The molecule has 1 heterocycles. The second kappa shape index (κ2) is 9.38. The number of thiophene rings is 1. The minimum atomic E-state index is -0.320. The van der Waals surface area contributed by atoms with Crippen molar-refractivity contribution in [1.82, 2.24) is 0 Å². The molecule has 1 aliphatic carbocycles. The molecule has 6 nitrogen and oxygen atoms in total. The number of nitrogens with one attached hydrogen (secondary N) is 1. The van der Waals surface area contributed by atoms with Gasteiger partial charge in [0.15, 0.2) is 6.61 Å². The van der Waals surface area contributed by atoms with E-state index in [0.717, 1.165) is 42.6 Å². The van der Waals surface area contributed by atoms with Crippen LogP contribution in [0.4, 0.5) is 5.00 Å². The number of carbonyl (C=O) groups excluding carboxylic acids is 1. The average Bonchev–Trinajstić information content (AvgIpc) is 2.86. The van der Waals surface area contributed by atoms with Crippen molar-refractivity contribution in [2.75, 3.05) is 19.0 Å². The molecule has 0 radical (unpaired) electrons. The Kier molecular flexibility index (Phi) is 6.66. The lowest BCUT2D eigenvalue weighted by molar-refractivity contribution is -0.120. The molecule has 1 aliphatic rings. The molecule has 1 N–H and O–H groups in total. The number of rotatable bonds is 6. The number of anilines is 1. The van der Waals surface area contributed by atoms with Crippen molar-refractivity contribution >= 4 is 28.0 Å². The van der Waals surface area contributed by atoms with Gasteiger partial charge in [0.25, 0.3) is 5.91 Å². The van der Waals surface area contributed by atoms with E-state index in [-0.39, 0.29) is 12.5 Å². The van der Waals surface area contributed by atoms with Crippen LogP contribution in [0, 0.1) is 11.3 Å². The molecule has 1 aromatic heterocycles. The highest BCUT2D eigenvalue weighted by molar-refractivity contribution is 7.16. The molecular formula is C21H23N3O3S. The molecule has 0 fully saturated rings. The fourth-order valence-electron chi connectivity index (χ4n) is 3.18. The summed E-state index contributed by atoms with van der Waals surface area (Å²) < 4.78 is 5.13. The lowest BCUT2D eigenvalue weighted by Gasteiger charge is -2.05. The highest BCUT2D eigenvalue weighted by Gasteiger charge is 2.21. The zero-order valence-electron chi connectivity index (χ0n) is 16.1. The molecular weight excluding hydrogens is 374 g/mol. The monoisotopic (exact) mass is 397 g/mol. The van der Waals surface area contributed by atoms with Crippen molar-refractivity contribution in [3.8, 4) is 11.8 Å². The van der Waals surface area contributed by atoms with Crippen molar-refractivity contribution in [3.63, 3.8) is 0 Å². The lowest BCUT2D eigenvalue weighted by Crippen LogP contribution is -2.17. The van der Waals surface area contributed by atoms with Crippen LogP contribution in [0.15, 0.2) is 29.4 Å². The summed E-state index contributed by atoms with van der Waals surface area (Å²) in [5.74, 6) is 0.443. The minimum absolute atomic E-state index is 0.207. The molecule has 2 aromatic rings. The number of nitrogens with zero attached hydrogens (tertiary/aromatic N) is 2. The van der Waals surface area contributed by atoms with Gasteiger partial charge in [-0.1, -0.05) is 11.6 Å². The molecule has 1 aromatic carbocycles. The van der Waals surface area contributed by atoms with Gasteiger partial charge >= 0.3 is 0 Å². The largest absolute Gasteiger partial charge is 0.497 e. The molecule has 7 heteroatoms. The Balaban J connectivity index is 1.59. The number of carbonyl (C=O) groups is 1. The maximum atomic E-state index is 12.2. The topological polar surface area (TPSA) is 83.7 Å². The molecule has 1 amide bonds. The summed E-state index contributed by atoms with van der Waals surface area (Å²) in [6.45, 7) is 1.60. The van der Waals surface area contributed by atoms with E-state index in [1.807, 2.05) is 31.2 Å². The number of amides is 1. The van der Waals surface area contributed by atoms with Gasteiger partial charge in [0.05, 0.1) is 18.4 Å². The molecule has 0 unspecified atom stereocenters. The fourth-order valence-corrected chi connectivity index (χ4v) is 4.44. The number of nitriles is 1. The van der Waals surface area contributed by atoms with Gasteiger partial charge in [-0.2, -0.15) is 5.26 Å². The van der Waals surface area contributed by atoms with Gasteiger partial charge in [0.1, 0.15) is 16.8 Å². The highest BCUT2D eigenvalue weighted by atomic mass is 32.1. The van der Waals surface area contributed by atoms with E-state index in [1.165, 1.54) is 22.6 Å². The number of methoxy groups -OCH3 is 1. The van der Waals surface area contributed by atoms with Gasteiger partial charge in [0, 0.05) is 4.88 Å². The van der Waals surface area contributed by atoms with E-state index in [4.69, 9.17) is 9.57 Å². The summed E-state index contributed by atoms with van der Waals surface area (Å²) >= 11 is 1.51. The fraction of sp³-hybridized carbons (Fsp3) is 0.381. The molecule has 0 bridgehead atoms. The van der Waals surface area contributed by atoms with Crippen LogP contribution >= 0.6 is 11.3 Å².